The molecule has 224 valence electrons. The van der Waals surface area contributed by atoms with E-state index in [2.05, 4.69) is 5.32 Å². The van der Waals surface area contributed by atoms with E-state index in [0.717, 1.165) is 42.0 Å². The molecule has 0 spiro atoms. The Morgan fingerprint density at radius 3 is 2.26 bits per heavy atom. The Labute approximate surface area is 258 Å². The van der Waals surface area contributed by atoms with Gasteiger partial charge in [0.1, 0.15) is 12.6 Å². The topological polar surface area (TPSA) is 86.8 Å². The van der Waals surface area contributed by atoms with Gasteiger partial charge in [-0.3, -0.25) is 13.9 Å². The summed E-state index contributed by atoms with van der Waals surface area (Å²) in [6.45, 7) is 4.82. The molecule has 3 aromatic rings. The van der Waals surface area contributed by atoms with Crippen molar-refractivity contribution in [3.8, 4) is 0 Å². The lowest BCUT2D eigenvalue weighted by Crippen LogP contribution is -2.53. The Hall–Kier alpha value is -3.07. The number of hydrogen-bond acceptors (Lipinski definition) is 4. The zero-order chi connectivity index (χ0) is 30.4. The van der Waals surface area contributed by atoms with Crippen molar-refractivity contribution in [3.63, 3.8) is 0 Å². The van der Waals surface area contributed by atoms with Crippen molar-refractivity contribution in [3.05, 3.63) is 93.5 Å². The van der Waals surface area contributed by atoms with Crippen LogP contribution < -0.4 is 9.62 Å². The van der Waals surface area contributed by atoms with E-state index in [1.54, 1.807) is 62.4 Å². The first-order chi connectivity index (χ1) is 20.0. The minimum absolute atomic E-state index is 0.000278. The Morgan fingerprint density at radius 2 is 1.62 bits per heavy atom. The van der Waals surface area contributed by atoms with Crippen LogP contribution in [0.5, 0.6) is 0 Å². The highest BCUT2D eigenvalue weighted by molar-refractivity contribution is 7.92. The fourth-order valence-electron chi connectivity index (χ4n) is 5.18. The van der Waals surface area contributed by atoms with Crippen LogP contribution in [-0.2, 0) is 26.2 Å². The molecule has 0 aliphatic heterocycles. The molecule has 10 heteroatoms. The molecule has 4 rings (SSSR count). The van der Waals surface area contributed by atoms with Gasteiger partial charge < -0.3 is 10.2 Å². The molecule has 0 unspecified atom stereocenters. The number of anilines is 1. The highest BCUT2D eigenvalue weighted by Crippen LogP contribution is 2.29. The van der Waals surface area contributed by atoms with E-state index < -0.39 is 28.5 Å². The predicted octanol–water partition coefficient (Wildman–Crippen LogP) is 6.67. The molecular formula is C32H37Cl2N3O4S. The first-order valence-electron chi connectivity index (χ1n) is 14.2. The van der Waals surface area contributed by atoms with Crippen LogP contribution in [0.1, 0.15) is 55.7 Å². The van der Waals surface area contributed by atoms with Crippen molar-refractivity contribution in [2.45, 2.75) is 76.4 Å². The fourth-order valence-corrected chi connectivity index (χ4v) is 7.13. The number of para-hydroxylation sites is 1. The molecule has 1 aliphatic rings. The predicted molar refractivity (Wildman–Crippen MR) is 168 cm³/mol. The summed E-state index contributed by atoms with van der Waals surface area (Å²) < 4.78 is 29.1. The molecule has 0 saturated heterocycles. The summed E-state index contributed by atoms with van der Waals surface area (Å²) >= 11 is 12.6. The van der Waals surface area contributed by atoms with Crippen molar-refractivity contribution in [2.75, 3.05) is 10.8 Å². The van der Waals surface area contributed by atoms with E-state index in [0.29, 0.717) is 26.9 Å². The number of benzene rings is 3. The van der Waals surface area contributed by atoms with Gasteiger partial charge in [-0.1, -0.05) is 84.4 Å². The summed E-state index contributed by atoms with van der Waals surface area (Å²) in [4.78, 5) is 29.1. The maximum atomic E-state index is 14.2. The molecule has 1 saturated carbocycles. The maximum Gasteiger partial charge on any atom is 0.264 e. The fraction of sp³-hybridized carbons (Fsp3) is 0.375. The van der Waals surface area contributed by atoms with Gasteiger partial charge in [0, 0.05) is 22.6 Å². The Kier molecular flexibility index (Phi) is 10.6. The molecule has 0 bridgehead atoms. The summed E-state index contributed by atoms with van der Waals surface area (Å²) in [5, 5.41) is 3.89. The number of aryl methyl sites for hydroxylation is 2. The lowest BCUT2D eigenvalue weighted by molar-refractivity contribution is -0.139. The van der Waals surface area contributed by atoms with Gasteiger partial charge in [0.25, 0.3) is 10.0 Å². The highest BCUT2D eigenvalue weighted by Gasteiger charge is 2.34. The second kappa shape index (κ2) is 13.9. The zero-order valence-corrected chi connectivity index (χ0v) is 26.5. The van der Waals surface area contributed by atoms with Crippen LogP contribution in [0.15, 0.2) is 71.6 Å². The first-order valence-corrected chi connectivity index (χ1v) is 16.4. The second-order valence-corrected chi connectivity index (χ2v) is 13.6. The smallest absolute Gasteiger partial charge is 0.264 e. The van der Waals surface area contributed by atoms with Gasteiger partial charge in [0.15, 0.2) is 0 Å². The van der Waals surface area contributed by atoms with Crippen LogP contribution in [0.4, 0.5) is 5.69 Å². The number of carbonyl (C=O) groups is 2. The largest absolute Gasteiger partial charge is 0.352 e. The Balaban J connectivity index is 1.70. The molecule has 42 heavy (non-hydrogen) atoms. The molecule has 0 radical (unpaired) electrons. The molecular weight excluding hydrogens is 593 g/mol. The SMILES string of the molecule is Cc1ccc(S(=O)(=O)N(CC(=O)N(Cc2ccc(Cl)cc2Cl)[C@H](C)C(=O)NC2CCCCC2)c2ccccc2C)cc1. The zero-order valence-electron chi connectivity index (χ0n) is 24.1. The maximum absolute atomic E-state index is 14.2. The average molecular weight is 631 g/mol. The summed E-state index contributed by atoms with van der Waals surface area (Å²) in [7, 11) is -4.14. The van der Waals surface area contributed by atoms with Gasteiger partial charge >= 0.3 is 0 Å². The van der Waals surface area contributed by atoms with Crippen molar-refractivity contribution < 1.29 is 18.0 Å². The average Bonchev–Trinajstić information content (AvgIpc) is 2.96. The van der Waals surface area contributed by atoms with Crippen molar-refractivity contribution in [1.82, 2.24) is 10.2 Å². The summed E-state index contributed by atoms with van der Waals surface area (Å²) in [5.74, 6) is -0.824. The van der Waals surface area contributed by atoms with Gasteiger partial charge in [-0.05, 0) is 75.1 Å². The van der Waals surface area contributed by atoms with Gasteiger partial charge in [0.05, 0.1) is 10.6 Å². The number of sulfonamides is 1. The van der Waals surface area contributed by atoms with Crippen LogP contribution in [0.25, 0.3) is 0 Å². The number of hydrogen-bond donors (Lipinski definition) is 1. The van der Waals surface area contributed by atoms with E-state index in [1.807, 2.05) is 13.0 Å². The summed E-state index contributed by atoms with van der Waals surface area (Å²) in [5.41, 5.74) is 2.58. The van der Waals surface area contributed by atoms with Crippen LogP contribution in [0, 0.1) is 13.8 Å². The van der Waals surface area contributed by atoms with Crippen molar-refractivity contribution in [2.24, 2.45) is 0 Å². The van der Waals surface area contributed by atoms with E-state index in [-0.39, 0.29) is 23.4 Å². The van der Waals surface area contributed by atoms with Crippen LogP contribution in [-0.4, -0.2) is 43.8 Å². The number of rotatable bonds is 10. The van der Waals surface area contributed by atoms with Gasteiger partial charge in [-0.2, -0.15) is 0 Å². The van der Waals surface area contributed by atoms with Crippen LogP contribution in [0.2, 0.25) is 10.0 Å². The second-order valence-electron chi connectivity index (χ2n) is 10.9. The molecule has 2 amide bonds. The molecule has 0 heterocycles. The van der Waals surface area contributed by atoms with Crippen LogP contribution >= 0.6 is 23.2 Å². The summed E-state index contributed by atoms with van der Waals surface area (Å²) in [6.07, 6.45) is 5.03. The van der Waals surface area contributed by atoms with Gasteiger partial charge in [0.2, 0.25) is 11.8 Å². The lowest BCUT2D eigenvalue weighted by Gasteiger charge is -2.33. The Bertz CT molecular complexity index is 1520. The lowest BCUT2D eigenvalue weighted by atomic mass is 9.95. The monoisotopic (exact) mass is 629 g/mol. The molecule has 1 fully saturated rings. The standard InChI is InChI=1S/C32H37Cl2N3O4S/c1-22-13-17-28(18-14-22)42(40,41)37(30-12-8-7-9-23(30)2)21-31(38)36(20-25-15-16-26(33)19-29(25)34)24(3)32(39)35-27-10-5-4-6-11-27/h7-9,12-19,24,27H,4-6,10-11,20-21H2,1-3H3,(H,35,39)/t24-/m1/s1. The molecule has 7 nitrogen and oxygen atoms in total. The summed E-state index contributed by atoms with van der Waals surface area (Å²) in [6, 6.07) is 17.6. The third-order valence-corrected chi connectivity index (χ3v) is 10.1. The molecule has 0 aromatic heterocycles. The van der Waals surface area contributed by atoms with Crippen LogP contribution in [0.3, 0.4) is 0 Å². The minimum Gasteiger partial charge on any atom is -0.352 e. The number of nitrogens with zero attached hydrogens (tertiary/aromatic N) is 2. The highest BCUT2D eigenvalue weighted by atomic mass is 35.5. The Morgan fingerprint density at radius 1 is 0.952 bits per heavy atom. The van der Waals surface area contributed by atoms with Gasteiger partial charge in [-0.15, -0.1) is 0 Å². The number of nitrogens with one attached hydrogen (secondary N) is 1. The third-order valence-electron chi connectivity index (χ3n) is 7.75. The molecule has 1 N–H and O–H groups in total. The molecule has 3 aromatic carbocycles. The number of amides is 2. The minimum atomic E-state index is -4.14. The normalized spacial score (nSPS) is 14.7. The van der Waals surface area contributed by atoms with E-state index in [4.69, 9.17) is 23.2 Å². The molecule has 1 atom stereocenters. The number of halogens is 2. The quantitative estimate of drug-likeness (QED) is 0.271. The molecule has 1 aliphatic carbocycles. The van der Waals surface area contributed by atoms with E-state index in [1.165, 1.54) is 17.0 Å². The van der Waals surface area contributed by atoms with Crippen molar-refractivity contribution in [1.29, 1.82) is 0 Å². The number of carbonyl (C=O) groups excluding carboxylic acids is 2. The van der Waals surface area contributed by atoms with E-state index >= 15 is 0 Å². The van der Waals surface area contributed by atoms with E-state index in [9.17, 15) is 18.0 Å². The third kappa shape index (κ3) is 7.65. The van der Waals surface area contributed by atoms with Gasteiger partial charge in [-0.25, -0.2) is 8.42 Å². The van der Waals surface area contributed by atoms with Crippen molar-refractivity contribution >= 4 is 50.7 Å². The first kappa shape index (κ1) is 31.9.